The van der Waals surface area contributed by atoms with Crippen LogP contribution < -0.4 is 9.47 Å². The van der Waals surface area contributed by atoms with Crippen molar-refractivity contribution in [1.82, 2.24) is 0 Å². The first-order valence-electron chi connectivity index (χ1n) is 9.18. The van der Waals surface area contributed by atoms with Gasteiger partial charge < -0.3 is 18.9 Å². The molecule has 2 fully saturated rings. The van der Waals surface area contributed by atoms with E-state index in [1.807, 2.05) is 24.3 Å². The van der Waals surface area contributed by atoms with Gasteiger partial charge in [-0.25, -0.2) is 0 Å². The molecule has 0 bridgehead atoms. The molecule has 2 aromatic rings. The van der Waals surface area contributed by atoms with Crippen molar-refractivity contribution in [3.8, 4) is 11.5 Å². The minimum Gasteiger partial charge on any atom is -0.491 e. The standard InChI is InChI=1S/C22H26O4/c1-16(17-4-8-19(9-5-17)23-12-21(2)14-25-21)18-6-10-20(11-7-18)24-13-22(3)15-26-22/h4-11,16H,12-15H2,1-3H3. The number of rotatable bonds is 8. The molecule has 0 aliphatic carbocycles. The SMILES string of the molecule is CC(c1ccc(OCC2(C)CO2)cc1)c1ccc(OCC2(C)CO2)cc1. The molecule has 0 saturated carbocycles. The van der Waals surface area contributed by atoms with Crippen molar-refractivity contribution < 1.29 is 18.9 Å². The Hall–Kier alpha value is -2.04. The van der Waals surface area contributed by atoms with E-state index >= 15 is 0 Å². The normalized spacial score (nSPS) is 27.7. The molecule has 2 unspecified atom stereocenters. The summed E-state index contributed by atoms with van der Waals surface area (Å²) in [6.07, 6.45) is 0. The van der Waals surface area contributed by atoms with Crippen LogP contribution in [0.15, 0.2) is 48.5 Å². The van der Waals surface area contributed by atoms with Crippen LogP contribution >= 0.6 is 0 Å². The van der Waals surface area contributed by atoms with Gasteiger partial charge in [0, 0.05) is 5.92 Å². The Balaban J connectivity index is 1.34. The van der Waals surface area contributed by atoms with Gasteiger partial charge in [-0.1, -0.05) is 31.2 Å². The second-order valence-electron chi connectivity index (χ2n) is 7.91. The third kappa shape index (κ3) is 4.19. The monoisotopic (exact) mass is 354 g/mol. The van der Waals surface area contributed by atoms with E-state index in [1.165, 1.54) is 11.1 Å². The summed E-state index contributed by atoms with van der Waals surface area (Å²) in [5.74, 6) is 2.08. The van der Waals surface area contributed by atoms with Gasteiger partial charge in [0.05, 0.1) is 13.2 Å². The molecule has 0 aromatic heterocycles. The summed E-state index contributed by atoms with van der Waals surface area (Å²) < 4.78 is 22.3. The average Bonchev–Trinajstić information content (AvgIpc) is 3.58. The second-order valence-corrected chi connectivity index (χ2v) is 7.91. The van der Waals surface area contributed by atoms with Gasteiger partial charge in [0.1, 0.15) is 35.9 Å². The Morgan fingerprint density at radius 2 is 1.12 bits per heavy atom. The van der Waals surface area contributed by atoms with Gasteiger partial charge in [0.2, 0.25) is 0 Å². The Bertz CT molecular complexity index is 677. The van der Waals surface area contributed by atoms with Crippen LogP contribution in [0.5, 0.6) is 11.5 Å². The van der Waals surface area contributed by atoms with E-state index in [0.717, 1.165) is 24.7 Å². The fourth-order valence-electron chi connectivity index (χ4n) is 2.78. The molecular weight excluding hydrogens is 328 g/mol. The molecule has 26 heavy (non-hydrogen) atoms. The van der Waals surface area contributed by atoms with E-state index in [9.17, 15) is 0 Å². The Labute approximate surface area is 155 Å². The van der Waals surface area contributed by atoms with E-state index in [-0.39, 0.29) is 11.2 Å². The minimum absolute atomic E-state index is 0.0845. The lowest BCUT2D eigenvalue weighted by atomic mass is 9.93. The lowest BCUT2D eigenvalue weighted by Crippen LogP contribution is -2.16. The van der Waals surface area contributed by atoms with Crippen LogP contribution in [0.3, 0.4) is 0 Å². The first kappa shape index (κ1) is 17.4. The van der Waals surface area contributed by atoms with E-state index in [0.29, 0.717) is 19.1 Å². The molecule has 0 amide bonds. The molecule has 2 saturated heterocycles. The van der Waals surface area contributed by atoms with Crippen LogP contribution in [0.1, 0.15) is 37.8 Å². The Morgan fingerprint density at radius 3 is 1.42 bits per heavy atom. The zero-order chi connectivity index (χ0) is 18.2. The van der Waals surface area contributed by atoms with Gasteiger partial charge in [0.25, 0.3) is 0 Å². The number of benzene rings is 2. The maximum Gasteiger partial charge on any atom is 0.123 e. The van der Waals surface area contributed by atoms with Crippen molar-refractivity contribution in [1.29, 1.82) is 0 Å². The van der Waals surface area contributed by atoms with Crippen molar-refractivity contribution in [3.63, 3.8) is 0 Å². The average molecular weight is 354 g/mol. The number of epoxide rings is 2. The van der Waals surface area contributed by atoms with Crippen molar-refractivity contribution in [3.05, 3.63) is 59.7 Å². The molecule has 0 radical (unpaired) electrons. The molecule has 4 nitrogen and oxygen atoms in total. The van der Waals surface area contributed by atoms with Gasteiger partial charge in [-0.15, -0.1) is 0 Å². The van der Waals surface area contributed by atoms with Crippen LogP contribution in [0, 0.1) is 0 Å². The Morgan fingerprint density at radius 1 is 0.769 bits per heavy atom. The molecule has 2 atom stereocenters. The maximum absolute atomic E-state index is 5.80. The Kier molecular flexibility index (Phi) is 4.41. The summed E-state index contributed by atoms with van der Waals surface area (Å²) in [6, 6.07) is 16.7. The number of hydrogen-bond acceptors (Lipinski definition) is 4. The fraction of sp³-hybridized carbons (Fsp3) is 0.455. The van der Waals surface area contributed by atoms with Crippen LogP contribution in [0.25, 0.3) is 0 Å². The molecule has 2 heterocycles. The number of ether oxygens (including phenoxy) is 4. The van der Waals surface area contributed by atoms with E-state index < -0.39 is 0 Å². The van der Waals surface area contributed by atoms with Crippen molar-refractivity contribution in [2.75, 3.05) is 26.4 Å². The third-order valence-electron chi connectivity index (χ3n) is 5.12. The molecule has 2 aromatic carbocycles. The quantitative estimate of drug-likeness (QED) is 0.667. The predicted molar refractivity (Wildman–Crippen MR) is 100 cm³/mol. The van der Waals surface area contributed by atoms with Crippen LogP contribution in [0.2, 0.25) is 0 Å². The molecular formula is C22H26O4. The van der Waals surface area contributed by atoms with Crippen molar-refractivity contribution in [2.45, 2.75) is 37.9 Å². The first-order chi connectivity index (χ1) is 12.4. The molecule has 138 valence electrons. The van der Waals surface area contributed by atoms with E-state index in [2.05, 4.69) is 45.0 Å². The highest BCUT2D eigenvalue weighted by Crippen LogP contribution is 2.30. The van der Waals surface area contributed by atoms with Crippen molar-refractivity contribution in [2.24, 2.45) is 0 Å². The summed E-state index contributed by atoms with van der Waals surface area (Å²) in [6.45, 7) is 9.12. The number of hydrogen-bond donors (Lipinski definition) is 0. The molecule has 0 N–H and O–H groups in total. The summed E-state index contributed by atoms with van der Waals surface area (Å²) in [5, 5.41) is 0. The molecule has 2 aliphatic rings. The lowest BCUT2D eigenvalue weighted by Gasteiger charge is -2.15. The van der Waals surface area contributed by atoms with Gasteiger partial charge >= 0.3 is 0 Å². The highest BCUT2D eigenvalue weighted by molar-refractivity contribution is 5.37. The third-order valence-corrected chi connectivity index (χ3v) is 5.12. The minimum atomic E-state index is -0.0845. The summed E-state index contributed by atoms with van der Waals surface area (Å²) >= 11 is 0. The second kappa shape index (κ2) is 6.60. The summed E-state index contributed by atoms with van der Waals surface area (Å²) in [4.78, 5) is 0. The van der Waals surface area contributed by atoms with E-state index in [4.69, 9.17) is 18.9 Å². The summed E-state index contributed by atoms with van der Waals surface area (Å²) in [5.41, 5.74) is 2.36. The highest BCUT2D eigenvalue weighted by atomic mass is 16.6. The van der Waals surface area contributed by atoms with Crippen molar-refractivity contribution >= 4 is 0 Å². The van der Waals surface area contributed by atoms with Crippen LogP contribution in [0.4, 0.5) is 0 Å². The van der Waals surface area contributed by atoms with Gasteiger partial charge in [-0.2, -0.15) is 0 Å². The van der Waals surface area contributed by atoms with Crippen LogP contribution in [-0.4, -0.2) is 37.6 Å². The van der Waals surface area contributed by atoms with Gasteiger partial charge in [0.15, 0.2) is 0 Å². The molecule has 2 aliphatic heterocycles. The zero-order valence-corrected chi connectivity index (χ0v) is 15.7. The van der Waals surface area contributed by atoms with Gasteiger partial charge in [-0.3, -0.25) is 0 Å². The highest BCUT2D eigenvalue weighted by Gasteiger charge is 2.40. The lowest BCUT2D eigenvalue weighted by molar-refractivity contribution is 0.202. The smallest absolute Gasteiger partial charge is 0.123 e. The fourth-order valence-corrected chi connectivity index (χ4v) is 2.78. The van der Waals surface area contributed by atoms with Gasteiger partial charge in [-0.05, 0) is 49.2 Å². The largest absolute Gasteiger partial charge is 0.491 e. The van der Waals surface area contributed by atoms with E-state index in [1.54, 1.807) is 0 Å². The van der Waals surface area contributed by atoms with Crippen LogP contribution in [-0.2, 0) is 9.47 Å². The molecule has 4 rings (SSSR count). The molecule has 0 spiro atoms. The summed E-state index contributed by atoms with van der Waals surface area (Å²) in [7, 11) is 0. The zero-order valence-electron chi connectivity index (χ0n) is 15.7. The predicted octanol–water partition coefficient (Wildman–Crippen LogP) is 4.17. The first-order valence-corrected chi connectivity index (χ1v) is 9.18. The molecule has 4 heteroatoms. The maximum atomic E-state index is 5.80. The topological polar surface area (TPSA) is 43.5 Å².